The highest BCUT2D eigenvalue weighted by Gasteiger charge is 2.31. The summed E-state index contributed by atoms with van der Waals surface area (Å²) in [5, 5.41) is 2.90. The Balaban J connectivity index is 1.97. The van der Waals surface area contributed by atoms with Gasteiger partial charge in [0.25, 0.3) is 5.91 Å². The molecule has 1 amide bonds. The smallest absolute Gasteiger partial charge is 0.274 e. The van der Waals surface area contributed by atoms with Gasteiger partial charge in [0.05, 0.1) is 12.4 Å². The fraction of sp³-hybridized carbons (Fsp3) is 0.667. The lowest BCUT2D eigenvalue weighted by atomic mass is 9.75. The largest absolute Gasteiger partial charge is 0.372 e. The normalized spacial score (nSPS) is 17.1. The van der Waals surface area contributed by atoms with Gasteiger partial charge in [-0.1, -0.05) is 20.8 Å². The minimum atomic E-state index is -0.00693. The van der Waals surface area contributed by atoms with E-state index in [1.54, 1.807) is 19.4 Å². The monoisotopic (exact) mass is 276 g/mol. The highest BCUT2D eigenvalue weighted by molar-refractivity contribution is 5.92. The average molecular weight is 276 g/mol. The van der Waals surface area contributed by atoms with Crippen LogP contribution in [0.3, 0.4) is 0 Å². The van der Waals surface area contributed by atoms with Gasteiger partial charge < -0.3 is 10.2 Å². The van der Waals surface area contributed by atoms with Crippen molar-refractivity contribution in [3.63, 3.8) is 0 Å². The van der Waals surface area contributed by atoms with Gasteiger partial charge in [0, 0.05) is 20.1 Å². The van der Waals surface area contributed by atoms with Gasteiger partial charge >= 0.3 is 0 Å². The van der Waals surface area contributed by atoms with E-state index < -0.39 is 0 Å². The molecule has 1 fully saturated rings. The molecule has 1 N–H and O–H groups in total. The zero-order chi connectivity index (χ0) is 14.8. The second-order valence-electron chi connectivity index (χ2n) is 6.47. The van der Waals surface area contributed by atoms with Crippen LogP contribution in [0.5, 0.6) is 0 Å². The number of amides is 1. The SMILES string of the molecule is CNc1cnc(C(=O)N2CCC(C(C)(C)C)CC2)cn1. The fourth-order valence-electron chi connectivity index (χ4n) is 2.68. The summed E-state index contributed by atoms with van der Waals surface area (Å²) in [6.45, 7) is 8.46. The molecule has 20 heavy (non-hydrogen) atoms. The van der Waals surface area contributed by atoms with Crippen LogP contribution in [0.2, 0.25) is 0 Å². The molecule has 2 rings (SSSR count). The molecule has 0 radical (unpaired) electrons. The molecule has 0 aliphatic carbocycles. The Kier molecular flexibility index (Phi) is 4.26. The Morgan fingerprint density at radius 2 is 1.90 bits per heavy atom. The summed E-state index contributed by atoms with van der Waals surface area (Å²) in [6.07, 6.45) is 5.27. The summed E-state index contributed by atoms with van der Waals surface area (Å²) in [6, 6.07) is 0. The highest BCUT2D eigenvalue weighted by atomic mass is 16.2. The van der Waals surface area contributed by atoms with Crippen LogP contribution in [0.25, 0.3) is 0 Å². The van der Waals surface area contributed by atoms with E-state index in [1.165, 1.54) is 0 Å². The maximum absolute atomic E-state index is 12.4. The maximum atomic E-state index is 12.4. The summed E-state index contributed by atoms with van der Waals surface area (Å²) in [4.78, 5) is 22.6. The van der Waals surface area contributed by atoms with Gasteiger partial charge in [0.2, 0.25) is 0 Å². The molecule has 0 unspecified atom stereocenters. The zero-order valence-electron chi connectivity index (χ0n) is 12.8. The second kappa shape index (κ2) is 5.77. The van der Waals surface area contributed by atoms with Crippen molar-refractivity contribution in [2.75, 3.05) is 25.5 Å². The van der Waals surface area contributed by atoms with Gasteiger partial charge in [0.15, 0.2) is 0 Å². The van der Waals surface area contributed by atoms with E-state index in [0.717, 1.165) is 25.9 Å². The van der Waals surface area contributed by atoms with Crippen LogP contribution in [0.1, 0.15) is 44.1 Å². The van der Waals surface area contributed by atoms with Crippen molar-refractivity contribution in [1.82, 2.24) is 14.9 Å². The molecule has 1 saturated heterocycles. The molecule has 0 aromatic carbocycles. The van der Waals surface area contributed by atoms with E-state index in [-0.39, 0.29) is 5.91 Å². The van der Waals surface area contributed by atoms with E-state index in [9.17, 15) is 4.79 Å². The summed E-state index contributed by atoms with van der Waals surface area (Å²) < 4.78 is 0. The fourth-order valence-corrected chi connectivity index (χ4v) is 2.68. The molecule has 1 aromatic rings. The Morgan fingerprint density at radius 3 is 2.35 bits per heavy atom. The first-order chi connectivity index (χ1) is 9.41. The lowest BCUT2D eigenvalue weighted by Crippen LogP contribution is -2.41. The van der Waals surface area contributed by atoms with Gasteiger partial charge in [-0.15, -0.1) is 0 Å². The third kappa shape index (κ3) is 3.26. The number of carbonyl (C=O) groups excluding carboxylic acids is 1. The van der Waals surface area contributed by atoms with Crippen LogP contribution >= 0.6 is 0 Å². The van der Waals surface area contributed by atoms with E-state index in [4.69, 9.17) is 0 Å². The van der Waals surface area contributed by atoms with Crippen molar-refractivity contribution >= 4 is 11.7 Å². The molecule has 0 spiro atoms. The van der Waals surface area contributed by atoms with Crippen molar-refractivity contribution < 1.29 is 4.79 Å². The standard InChI is InChI=1S/C15H24N4O/c1-15(2,3)11-5-7-19(8-6-11)14(20)12-9-18-13(16-4)10-17-12/h9-11H,5-8H2,1-4H3,(H,16,18). The number of piperidine rings is 1. The first-order valence-corrected chi connectivity index (χ1v) is 7.21. The molecular weight excluding hydrogens is 252 g/mol. The minimum absolute atomic E-state index is 0.00693. The van der Waals surface area contributed by atoms with Gasteiger partial charge in [0.1, 0.15) is 11.5 Å². The lowest BCUT2D eigenvalue weighted by Gasteiger charge is -2.38. The number of hydrogen-bond acceptors (Lipinski definition) is 4. The summed E-state index contributed by atoms with van der Waals surface area (Å²) in [7, 11) is 1.78. The Labute approximate surface area is 120 Å². The molecule has 1 aromatic heterocycles. The number of carbonyl (C=O) groups is 1. The van der Waals surface area contributed by atoms with Crippen LogP contribution < -0.4 is 5.32 Å². The first kappa shape index (κ1) is 14.8. The molecule has 110 valence electrons. The van der Waals surface area contributed by atoms with Crippen molar-refractivity contribution in [2.24, 2.45) is 11.3 Å². The number of likely N-dealkylation sites (tertiary alicyclic amines) is 1. The molecular formula is C15H24N4O. The molecule has 5 nitrogen and oxygen atoms in total. The van der Waals surface area contributed by atoms with Crippen molar-refractivity contribution in [3.05, 3.63) is 18.1 Å². The summed E-state index contributed by atoms with van der Waals surface area (Å²) in [5.41, 5.74) is 0.752. The number of nitrogens with one attached hydrogen (secondary N) is 1. The molecule has 1 aliphatic rings. The van der Waals surface area contributed by atoms with Gasteiger partial charge in [-0.3, -0.25) is 4.79 Å². The second-order valence-corrected chi connectivity index (χ2v) is 6.47. The predicted molar refractivity (Wildman–Crippen MR) is 79.7 cm³/mol. The van der Waals surface area contributed by atoms with Crippen molar-refractivity contribution in [2.45, 2.75) is 33.6 Å². The maximum Gasteiger partial charge on any atom is 0.274 e. The zero-order valence-corrected chi connectivity index (χ0v) is 12.8. The number of anilines is 1. The van der Waals surface area contributed by atoms with Crippen LogP contribution in [0.15, 0.2) is 12.4 Å². The third-order valence-electron chi connectivity index (χ3n) is 4.13. The van der Waals surface area contributed by atoms with Gasteiger partial charge in [-0.05, 0) is 24.2 Å². The van der Waals surface area contributed by atoms with Crippen molar-refractivity contribution in [3.8, 4) is 0 Å². The quantitative estimate of drug-likeness (QED) is 0.901. The lowest BCUT2D eigenvalue weighted by molar-refractivity contribution is 0.0603. The van der Waals surface area contributed by atoms with Crippen LogP contribution in [0.4, 0.5) is 5.82 Å². The van der Waals surface area contributed by atoms with E-state index in [1.807, 2.05) is 4.90 Å². The molecule has 0 saturated carbocycles. The molecule has 1 aliphatic heterocycles. The minimum Gasteiger partial charge on any atom is -0.372 e. The summed E-state index contributed by atoms with van der Waals surface area (Å²) >= 11 is 0. The Morgan fingerprint density at radius 1 is 1.25 bits per heavy atom. The third-order valence-corrected chi connectivity index (χ3v) is 4.13. The van der Waals surface area contributed by atoms with Crippen LogP contribution in [-0.4, -0.2) is 40.9 Å². The number of nitrogens with zero attached hydrogens (tertiary/aromatic N) is 3. The Bertz CT molecular complexity index is 456. The molecule has 0 atom stereocenters. The topological polar surface area (TPSA) is 58.1 Å². The predicted octanol–water partition coefficient (Wildman–Crippen LogP) is 2.42. The van der Waals surface area contributed by atoms with E-state index in [0.29, 0.717) is 22.8 Å². The highest BCUT2D eigenvalue weighted by Crippen LogP contribution is 2.34. The number of aromatic nitrogens is 2. The molecule has 5 heteroatoms. The first-order valence-electron chi connectivity index (χ1n) is 7.21. The number of hydrogen-bond donors (Lipinski definition) is 1. The number of rotatable bonds is 2. The Hall–Kier alpha value is -1.65. The van der Waals surface area contributed by atoms with Crippen LogP contribution in [0, 0.1) is 11.3 Å². The van der Waals surface area contributed by atoms with E-state index in [2.05, 4.69) is 36.1 Å². The average Bonchev–Trinajstić information content (AvgIpc) is 2.46. The van der Waals surface area contributed by atoms with Gasteiger partial charge in [-0.25, -0.2) is 9.97 Å². The molecule has 0 bridgehead atoms. The molecule has 2 heterocycles. The van der Waals surface area contributed by atoms with Crippen LogP contribution in [-0.2, 0) is 0 Å². The summed E-state index contributed by atoms with van der Waals surface area (Å²) in [5.74, 6) is 1.35. The van der Waals surface area contributed by atoms with Gasteiger partial charge in [-0.2, -0.15) is 0 Å². The van der Waals surface area contributed by atoms with Crippen molar-refractivity contribution in [1.29, 1.82) is 0 Å². The van der Waals surface area contributed by atoms with E-state index >= 15 is 0 Å².